The lowest BCUT2D eigenvalue weighted by Gasteiger charge is -2.12. The minimum Gasteiger partial charge on any atom is -0.311 e. The lowest BCUT2D eigenvalue weighted by atomic mass is 10.0. The van der Waals surface area contributed by atoms with Crippen LogP contribution in [-0.2, 0) is 13.1 Å². The van der Waals surface area contributed by atoms with Gasteiger partial charge in [0.05, 0.1) is 11.2 Å². The molecule has 0 aliphatic heterocycles. The summed E-state index contributed by atoms with van der Waals surface area (Å²) < 4.78 is 2.19. The van der Waals surface area contributed by atoms with E-state index in [-0.39, 0.29) is 0 Å². The fraction of sp³-hybridized carbons (Fsp3) is 0.562. The first-order valence-corrected chi connectivity index (χ1v) is 7.45. The van der Waals surface area contributed by atoms with Crippen molar-refractivity contribution in [1.29, 1.82) is 0 Å². The molecule has 0 fully saturated rings. The number of nitrogens with zero attached hydrogens (tertiary/aromatic N) is 2. The minimum absolute atomic E-state index is 0.718. The summed E-state index contributed by atoms with van der Waals surface area (Å²) in [5.41, 5.74) is 2.44. The van der Waals surface area contributed by atoms with E-state index in [2.05, 4.69) is 55.0 Å². The van der Waals surface area contributed by atoms with Crippen molar-refractivity contribution in [3.05, 3.63) is 30.0 Å². The SMILES string of the molecule is CCNCc1nn(CC(CC)CC)c2ccccc12. The molecule has 0 bridgehead atoms. The molecule has 1 N–H and O–H groups in total. The standard InChI is InChI=1S/C16H25N3/c1-4-13(5-2)12-19-16-10-8-7-9-14(16)15(18-19)11-17-6-3/h7-10,13,17H,4-6,11-12H2,1-3H3. The third kappa shape index (κ3) is 3.16. The van der Waals surface area contributed by atoms with Gasteiger partial charge in [-0.05, 0) is 18.5 Å². The third-order valence-electron chi connectivity index (χ3n) is 3.86. The topological polar surface area (TPSA) is 29.9 Å². The highest BCUT2D eigenvalue weighted by molar-refractivity contribution is 5.81. The van der Waals surface area contributed by atoms with Crippen molar-refractivity contribution in [3.63, 3.8) is 0 Å². The molecule has 0 aliphatic rings. The highest BCUT2D eigenvalue weighted by atomic mass is 15.3. The van der Waals surface area contributed by atoms with Crippen molar-refractivity contribution in [3.8, 4) is 0 Å². The van der Waals surface area contributed by atoms with Gasteiger partial charge in [0, 0.05) is 18.5 Å². The van der Waals surface area contributed by atoms with Gasteiger partial charge in [-0.2, -0.15) is 5.10 Å². The summed E-state index contributed by atoms with van der Waals surface area (Å²) in [5, 5.41) is 9.48. The summed E-state index contributed by atoms with van der Waals surface area (Å²) in [6.07, 6.45) is 2.43. The van der Waals surface area contributed by atoms with Gasteiger partial charge >= 0.3 is 0 Å². The quantitative estimate of drug-likeness (QED) is 0.823. The van der Waals surface area contributed by atoms with Crippen LogP contribution in [0.15, 0.2) is 24.3 Å². The fourth-order valence-corrected chi connectivity index (χ4v) is 2.50. The monoisotopic (exact) mass is 259 g/mol. The van der Waals surface area contributed by atoms with Crippen molar-refractivity contribution >= 4 is 10.9 Å². The number of benzene rings is 1. The van der Waals surface area contributed by atoms with E-state index in [1.54, 1.807) is 0 Å². The van der Waals surface area contributed by atoms with Crippen LogP contribution in [0.4, 0.5) is 0 Å². The van der Waals surface area contributed by atoms with Gasteiger partial charge in [0.25, 0.3) is 0 Å². The zero-order valence-corrected chi connectivity index (χ0v) is 12.3. The van der Waals surface area contributed by atoms with Crippen LogP contribution in [0.3, 0.4) is 0 Å². The van der Waals surface area contributed by atoms with Crippen molar-refractivity contribution in [1.82, 2.24) is 15.1 Å². The van der Waals surface area contributed by atoms with Gasteiger partial charge in [-0.15, -0.1) is 0 Å². The Hall–Kier alpha value is -1.35. The fourth-order valence-electron chi connectivity index (χ4n) is 2.50. The third-order valence-corrected chi connectivity index (χ3v) is 3.86. The van der Waals surface area contributed by atoms with Crippen molar-refractivity contribution in [2.24, 2.45) is 5.92 Å². The normalized spacial score (nSPS) is 11.6. The Morgan fingerprint density at radius 1 is 1.16 bits per heavy atom. The molecule has 2 rings (SSSR count). The van der Waals surface area contributed by atoms with Gasteiger partial charge in [0.15, 0.2) is 0 Å². The molecular weight excluding hydrogens is 234 g/mol. The van der Waals surface area contributed by atoms with Crippen LogP contribution in [0.1, 0.15) is 39.3 Å². The van der Waals surface area contributed by atoms with Gasteiger partial charge < -0.3 is 5.32 Å². The molecule has 0 spiro atoms. The maximum atomic E-state index is 4.82. The molecule has 0 unspecified atom stereocenters. The van der Waals surface area contributed by atoms with Crippen molar-refractivity contribution in [2.45, 2.75) is 46.7 Å². The number of hydrogen-bond acceptors (Lipinski definition) is 2. The number of fused-ring (bicyclic) bond motifs is 1. The first-order chi connectivity index (χ1) is 9.30. The number of rotatable bonds is 7. The van der Waals surface area contributed by atoms with E-state index in [0.29, 0.717) is 0 Å². The first kappa shape index (κ1) is 14.1. The smallest absolute Gasteiger partial charge is 0.0841 e. The van der Waals surface area contributed by atoms with Crippen LogP contribution in [-0.4, -0.2) is 16.3 Å². The van der Waals surface area contributed by atoms with E-state index >= 15 is 0 Å². The number of para-hydroxylation sites is 1. The van der Waals surface area contributed by atoms with Crippen molar-refractivity contribution in [2.75, 3.05) is 6.54 Å². The minimum atomic E-state index is 0.718. The molecule has 0 saturated heterocycles. The molecule has 104 valence electrons. The Bertz CT molecular complexity index is 512. The lowest BCUT2D eigenvalue weighted by molar-refractivity contribution is 0.401. The second-order valence-corrected chi connectivity index (χ2v) is 5.11. The second-order valence-electron chi connectivity index (χ2n) is 5.11. The Balaban J connectivity index is 2.32. The Kier molecular flexibility index (Phi) is 4.97. The summed E-state index contributed by atoms with van der Waals surface area (Å²) in [4.78, 5) is 0. The summed E-state index contributed by atoms with van der Waals surface area (Å²) in [7, 11) is 0. The van der Waals surface area contributed by atoms with Gasteiger partial charge in [0.1, 0.15) is 0 Å². The molecule has 0 radical (unpaired) electrons. The summed E-state index contributed by atoms with van der Waals surface area (Å²) >= 11 is 0. The van der Waals surface area contributed by atoms with Crippen LogP contribution in [0.25, 0.3) is 10.9 Å². The zero-order chi connectivity index (χ0) is 13.7. The maximum Gasteiger partial charge on any atom is 0.0841 e. The predicted molar refractivity (Wildman–Crippen MR) is 81.2 cm³/mol. The second kappa shape index (κ2) is 6.71. The predicted octanol–water partition coefficient (Wildman–Crippen LogP) is 3.58. The van der Waals surface area contributed by atoms with E-state index in [9.17, 15) is 0 Å². The first-order valence-electron chi connectivity index (χ1n) is 7.45. The average molecular weight is 259 g/mol. The van der Waals surface area contributed by atoms with Gasteiger partial charge in [-0.3, -0.25) is 4.68 Å². The van der Waals surface area contributed by atoms with Gasteiger partial charge in [0.2, 0.25) is 0 Å². The molecule has 1 aromatic carbocycles. The van der Waals surface area contributed by atoms with Crippen LogP contribution >= 0.6 is 0 Å². The van der Waals surface area contributed by atoms with E-state index < -0.39 is 0 Å². The molecule has 3 nitrogen and oxygen atoms in total. The molecule has 0 saturated carbocycles. The number of nitrogens with one attached hydrogen (secondary N) is 1. The molecule has 2 aromatic rings. The maximum absolute atomic E-state index is 4.82. The van der Waals surface area contributed by atoms with Crippen LogP contribution < -0.4 is 5.32 Å². The molecule has 1 heterocycles. The molecule has 1 aromatic heterocycles. The van der Waals surface area contributed by atoms with Crippen LogP contribution in [0, 0.1) is 5.92 Å². The molecular formula is C16H25N3. The molecule has 0 atom stereocenters. The zero-order valence-electron chi connectivity index (χ0n) is 12.3. The number of aromatic nitrogens is 2. The Labute approximate surface area is 116 Å². The summed E-state index contributed by atoms with van der Waals surface area (Å²) in [6, 6.07) is 8.56. The summed E-state index contributed by atoms with van der Waals surface area (Å²) in [5.74, 6) is 0.718. The highest BCUT2D eigenvalue weighted by Crippen LogP contribution is 2.21. The Morgan fingerprint density at radius 2 is 1.89 bits per heavy atom. The molecule has 3 heteroatoms. The van der Waals surface area contributed by atoms with Crippen LogP contribution in [0.2, 0.25) is 0 Å². The highest BCUT2D eigenvalue weighted by Gasteiger charge is 2.12. The molecule has 0 aliphatic carbocycles. The summed E-state index contributed by atoms with van der Waals surface area (Å²) in [6.45, 7) is 9.52. The van der Waals surface area contributed by atoms with Crippen LogP contribution in [0.5, 0.6) is 0 Å². The van der Waals surface area contributed by atoms with E-state index in [1.807, 2.05) is 0 Å². The largest absolute Gasteiger partial charge is 0.311 e. The van der Waals surface area contributed by atoms with Gasteiger partial charge in [-0.25, -0.2) is 0 Å². The lowest BCUT2D eigenvalue weighted by Crippen LogP contribution is -2.14. The van der Waals surface area contributed by atoms with Crippen molar-refractivity contribution < 1.29 is 0 Å². The Morgan fingerprint density at radius 3 is 2.58 bits per heavy atom. The molecule has 0 amide bonds. The van der Waals surface area contributed by atoms with E-state index in [0.717, 1.165) is 25.6 Å². The average Bonchev–Trinajstić information content (AvgIpc) is 2.81. The van der Waals surface area contributed by atoms with E-state index in [1.165, 1.54) is 29.4 Å². The van der Waals surface area contributed by atoms with E-state index in [4.69, 9.17) is 5.10 Å². The van der Waals surface area contributed by atoms with Gasteiger partial charge in [-0.1, -0.05) is 51.8 Å². The molecule has 19 heavy (non-hydrogen) atoms. The number of hydrogen-bond donors (Lipinski definition) is 1.